The Morgan fingerprint density at radius 1 is 1.00 bits per heavy atom. The molecule has 0 fully saturated rings. The van der Waals surface area contributed by atoms with E-state index >= 15 is 0 Å². The van der Waals surface area contributed by atoms with Crippen LogP contribution in [0.15, 0.2) is 6.33 Å². The first kappa shape index (κ1) is 11.2. The molecule has 0 spiro atoms. The summed E-state index contributed by atoms with van der Waals surface area (Å²) >= 11 is 0. The van der Waals surface area contributed by atoms with Gasteiger partial charge in [0.15, 0.2) is 0 Å². The Balaban J connectivity index is 3.25. The zero-order valence-corrected chi connectivity index (χ0v) is 9.83. The standard InChI is InChI=1S/C12H20N2/c1-6-10-11(8(2)3)13-7-14-12(10)9(4)5/h7-9H,6H2,1-5H3. The van der Waals surface area contributed by atoms with Crippen molar-refractivity contribution in [1.29, 1.82) is 0 Å². The molecule has 0 aliphatic rings. The lowest BCUT2D eigenvalue weighted by Crippen LogP contribution is -2.07. The van der Waals surface area contributed by atoms with Gasteiger partial charge in [-0.25, -0.2) is 9.97 Å². The molecule has 0 atom stereocenters. The summed E-state index contributed by atoms with van der Waals surface area (Å²) in [6.45, 7) is 10.9. The Kier molecular flexibility index (Phi) is 3.62. The van der Waals surface area contributed by atoms with E-state index in [1.54, 1.807) is 6.33 Å². The minimum atomic E-state index is 0.491. The third-order valence-electron chi connectivity index (χ3n) is 2.46. The fourth-order valence-corrected chi connectivity index (χ4v) is 1.80. The second-order valence-electron chi connectivity index (χ2n) is 4.29. The zero-order chi connectivity index (χ0) is 10.7. The predicted molar refractivity (Wildman–Crippen MR) is 59.6 cm³/mol. The molecule has 0 bridgehead atoms. The highest BCUT2D eigenvalue weighted by Crippen LogP contribution is 2.23. The maximum atomic E-state index is 4.38. The van der Waals surface area contributed by atoms with Crippen molar-refractivity contribution in [3.8, 4) is 0 Å². The average Bonchev–Trinajstić information content (AvgIpc) is 2.16. The van der Waals surface area contributed by atoms with Crippen molar-refractivity contribution in [1.82, 2.24) is 9.97 Å². The smallest absolute Gasteiger partial charge is 0.115 e. The van der Waals surface area contributed by atoms with Crippen molar-refractivity contribution in [2.75, 3.05) is 0 Å². The van der Waals surface area contributed by atoms with Gasteiger partial charge in [0.1, 0.15) is 6.33 Å². The van der Waals surface area contributed by atoms with E-state index in [1.165, 1.54) is 17.0 Å². The van der Waals surface area contributed by atoms with Gasteiger partial charge >= 0.3 is 0 Å². The van der Waals surface area contributed by atoms with Crippen LogP contribution in [0.1, 0.15) is 63.4 Å². The van der Waals surface area contributed by atoms with Crippen LogP contribution in [0.25, 0.3) is 0 Å². The summed E-state index contributed by atoms with van der Waals surface area (Å²) in [6, 6.07) is 0. The number of hydrogen-bond donors (Lipinski definition) is 0. The largest absolute Gasteiger partial charge is 0.241 e. The molecule has 1 aromatic heterocycles. The van der Waals surface area contributed by atoms with Gasteiger partial charge < -0.3 is 0 Å². The summed E-state index contributed by atoms with van der Waals surface area (Å²) in [5.74, 6) is 0.982. The van der Waals surface area contributed by atoms with E-state index in [1.807, 2.05) is 0 Å². The monoisotopic (exact) mass is 192 g/mol. The van der Waals surface area contributed by atoms with Crippen LogP contribution >= 0.6 is 0 Å². The van der Waals surface area contributed by atoms with Crippen LogP contribution in [0.4, 0.5) is 0 Å². The number of nitrogens with zero attached hydrogens (tertiary/aromatic N) is 2. The third kappa shape index (κ3) is 2.11. The lowest BCUT2D eigenvalue weighted by Gasteiger charge is -2.15. The third-order valence-corrected chi connectivity index (χ3v) is 2.46. The van der Waals surface area contributed by atoms with E-state index in [0.29, 0.717) is 11.8 Å². The summed E-state index contributed by atoms with van der Waals surface area (Å²) in [5, 5.41) is 0. The van der Waals surface area contributed by atoms with Crippen molar-refractivity contribution >= 4 is 0 Å². The first-order valence-electron chi connectivity index (χ1n) is 5.41. The van der Waals surface area contributed by atoms with E-state index in [-0.39, 0.29) is 0 Å². The van der Waals surface area contributed by atoms with E-state index in [0.717, 1.165) is 6.42 Å². The van der Waals surface area contributed by atoms with Gasteiger partial charge in [0.05, 0.1) is 0 Å². The molecule has 0 aliphatic heterocycles. The minimum Gasteiger partial charge on any atom is -0.241 e. The van der Waals surface area contributed by atoms with Crippen LogP contribution < -0.4 is 0 Å². The van der Waals surface area contributed by atoms with Gasteiger partial charge in [0.25, 0.3) is 0 Å². The molecule has 1 aromatic rings. The van der Waals surface area contributed by atoms with Gasteiger partial charge in [-0.15, -0.1) is 0 Å². The first-order chi connectivity index (χ1) is 6.57. The van der Waals surface area contributed by atoms with Crippen molar-refractivity contribution in [3.63, 3.8) is 0 Å². The van der Waals surface area contributed by atoms with Gasteiger partial charge in [-0.05, 0) is 23.8 Å². The van der Waals surface area contributed by atoms with E-state index in [4.69, 9.17) is 0 Å². The van der Waals surface area contributed by atoms with Crippen molar-refractivity contribution < 1.29 is 0 Å². The molecule has 1 heterocycles. The van der Waals surface area contributed by atoms with Crippen molar-refractivity contribution in [2.45, 2.75) is 52.9 Å². The Labute approximate surface area is 86.8 Å². The highest BCUT2D eigenvalue weighted by molar-refractivity contribution is 5.28. The molecular formula is C12H20N2. The number of rotatable bonds is 3. The van der Waals surface area contributed by atoms with Gasteiger partial charge in [0, 0.05) is 11.4 Å². The van der Waals surface area contributed by atoms with Gasteiger partial charge in [-0.1, -0.05) is 34.6 Å². The lowest BCUT2D eigenvalue weighted by atomic mass is 9.96. The Hall–Kier alpha value is -0.920. The Morgan fingerprint density at radius 3 is 1.71 bits per heavy atom. The second kappa shape index (κ2) is 4.54. The molecule has 14 heavy (non-hydrogen) atoms. The molecule has 0 amide bonds. The molecule has 0 aromatic carbocycles. The maximum absolute atomic E-state index is 4.38. The topological polar surface area (TPSA) is 25.8 Å². The van der Waals surface area contributed by atoms with Crippen LogP contribution in [0.2, 0.25) is 0 Å². The molecule has 2 heteroatoms. The quantitative estimate of drug-likeness (QED) is 0.734. The molecule has 0 saturated heterocycles. The molecule has 0 radical (unpaired) electrons. The summed E-state index contributed by atoms with van der Waals surface area (Å²) in [4.78, 5) is 8.76. The molecule has 0 unspecified atom stereocenters. The van der Waals surface area contributed by atoms with Crippen molar-refractivity contribution in [2.24, 2.45) is 0 Å². The summed E-state index contributed by atoms with van der Waals surface area (Å²) in [7, 11) is 0. The van der Waals surface area contributed by atoms with Crippen LogP contribution in [-0.4, -0.2) is 9.97 Å². The van der Waals surface area contributed by atoms with Crippen LogP contribution in [-0.2, 0) is 6.42 Å². The average molecular weight is 192 g/mol. The minimum absolute atomic E-state index is 0.491. The van der Waals surface area contributed by atoms with E-state index in [9.17, 15) is 0 Å². The molecule has 0 N–H and O–H groups in total. The second-order valence-corrected chi connectivity index (χ2v) is 4.29. The Morgan fingerprint density at radius 2 is 1.43 bits per heavy atom. The van der Waals surface area contributed by atoms with Crippen LogP contribution in [0, 0.1) is 0 Å². The molecule has 0 aliphatic carbocycles. The van der Waals surface area contributed by atoms with E-state index < -0.39 is 0 Å². The molecule has 1 rings (SSSR count). The van der Waals surface area contributed by atoms with Gasteiger partial charge in [-0.3, -0.25) is 0 Å². The summed E-state index contributed by atoms with van der Waals surface area (Å²) in [5.41, 5.74) is 3.77. The highest BCUT2D eigenvalue weighted by Gasteiger charge is 2.14. The highest BCUT2D eigenvalue weighted by atomic mass is 14.8. The van der Waals surface area contributed by atoms with Crippen molar-refractivity contribution in [3.05, 3.63) is 23.3 Å². The van der Waals surface area contributed by atoms with Gasteiger partial charge in [-0.2, -0.15) is 0 Å². The van der Waals surface area contributed by atoms with E-state index in [2.05, 4.69) is 44.6 Å². The fourth-order valence-electron chi connectivity index (χ4n) is 1.80. The van der Waals surface area contributed by atoms with Gasteiger partial charge in [0.2, 0.25) is 0 Å². The van der Waals surface area contributed by atoms with Crippen LogP contribution in [0.3, 0.4) is 0 Å². The molecule has 2 nitrogen and oxygen atoms in total. The summed E-state index contributed by atoms with van der Waals surface area (Å²) in [6.07, 6.45) is 2.73. The number of hydrogen-bond acceptors (Lipinski definition) is 2. The zero-order valence-electron chi connectivity index (χ0n) is 9.83. The number of aromatic nitrogens is 2. The first-order valence-corrected chi connectivity index (χ1v) is 5.41. The summed E-state index contributed by atoms with van der Waals surface area (Å²) < 4.78 is 0. The van der Waals surface area contributed by atoms with Crippen LogP contribution in [0.5, 0.6) is 0 Å². The fraction of sp³-hybridized carbons (Fsp3) is 0.667. The maximum Gasteiger partial charge on any atom is 0.115 e. The molecule has 78 valence electrons. The Bertz CT molecular complexity index is 277. The lowest BCUT2D eigenvalue weighted by molar-refractivity contribution is 0.734. The predicted octanol–water partition coefficient (Wildman–Crippen LogP) is 3.29. The normalized spacial score (nSPS) is 11.4. The molecular weight excluding hydrogens is 172 g/mol. The SMILES string of the molecule is CCc1c(C(C)C)ncnc1C(C)C. The molecule has 0 saturated carbocycles.